The molecule has 4 N–H and O–H groups in total. The van der Waals surface area contributed by atoms with Gasteiger partial charge in [-0.2, -0.15) is 12.6 Å². The number of carbonyl (C=O) groups is 2. The van der Waals surface area contributed by atoms with Crippen molar-refractivity contribution in [2.45, 2.75) is 11.8 Å². The molecule has 10 heteroatoms. The number of hydrazine groups is 1. The Bertz CT molecular complexity index is 991. The first kappa shape index (κ1) is 21.0. The highest BCUT2D eigenvalue weighted by Crippen LogP contribution is 2.22. The number of aldehydes is 1. The molecule has 1 aromatic heterocycles. The van der Waals surface area contributed by atoms with Gasteiger partial charge in [-0.15, -0.1) is 11.3 Å². The van der Waals surface area contributed by atoms with Crippen LogP contribution in [-0.4, -0.2) is 27.7 Å². The fourth-order valence-electron chi connectivity index (χ4n) is 2.64. The highest BCUT2D eigenvalue weighted by molar-refractivity contribution is 7.81. The first-order valence-electron chi connectivity index (χ1n) is 8.70. The van der Waals surface area contributed by atoms with E-state index in [2.05, 4.69) is 39.1 Å². The van der Waals surface area contributed by atoms with Crippen molar-refractivity contribution in [3.8, 4) is 0 Å². The van der Waals surface area contributed by atoms with Crippen LogP contribution in [0.3, 0.4) is 0 Å². The standard InChI is InChI=1S/C19H19N5O2S3/c25-11-13(17(27)22-19-20-8-9-29-19)10-16(26)23-24-18(28)21-15-7-3-5-12-4-1-2-6-14(12)15/h1-9,11,13,17,27H,10H2,(H,20,22)(H,23,26)(H2,21,24,28). The third-order valence-electron chi connectivity index (χ3n) is 4.06. The molecule has 0 saturated carbocycles. The largest absolute Gasteiger partial charge is 0.349 e. The number of thiazole rings is 1. The Morgan fingerprint density at radius 2 is 2.00 bits per heavy atom. The number of carbonyl (C=O) groups excluding carboxylic acids is 2. The predicted octanol–water partition coefficient (Wildman–Crippen LogP) is 3.19. The van der Waals surface area contributed by atoms with Crippen molar-refractivity contribution in [3.05, 3.63) is 54.0 Å². The zero-order valence-corrected chi connectivity index (χ0v) is 17.7. The molecule has 1 heterocycles. The van der Waals surface area contributed by atoms with E-state index in [1.165, 1.54) is 11.3 Å². The van der Waals surface area contributed by atoms with Crippen LogP contribution in [-0.2, 0) is 9.59 Å². The summed E-state index contributed by atoms with van der Waals surface area (Å²) in [6.07, 6.45) is 2.29. The lowest BCUT2D eigenvalue weighted by atomic mass is 10.1. The average Bonchev–Trinajstić information content (AvgIpc) is 3.23. The monoisotopic (exact) mass is 445 g/mol. The van der Waals surface area contributed by atoms with Crippen LogP contribution in [0.5, 0.6) is 0 Å². The lowest BCUT2D eigenvalue weighted by molar-refractivity contribution is -0.124. The van der Waals surface area contributed by atoms with E-state index in [-0.39, 0.29) is 17.4 Å². The minimum atomic E-state index is -0.636. The van der Waals surface area contributed by atoms with Gasteiger partial charge in [-0.3, -0.25) is 15.6 Å². The molecular formula is C19H19N5O2S3. The second-order valence-electron chi connectivity index (χ2n) is 6.08. The first-order valence-corrected chi connectivity index (χ1v) is 10.5. The van der Waals surface area contributed by atoms with Crippen molar-refractivity contribution in [2.75, 3.05) is 10.6 Å². The van der Waals surface area contributed by atoms with Gasteiger partial charge in [-0.25, -0.2) is 4.98 Å². The molecule has 2 aromatic carbocycles. The van der Waals surface area contributed by atoms with Crippen LogP contribution in [0, 0.1) is 5.92 Å². The van der Waals surface area contributed by atoms with E-state index in [1.54, 1.807) is 11.6 Å². The Morgan fingerprint density at radius 3 is 2.76 bits per heavy atom. The number of fused-ring (bicyclic) bond motifs is 1. The van der Waals surface area contributed by atoms with E-state index >= 15 is 0 Å². The van der Waals surface area contributed by atoms with Gasteiger partial charge in [0.1, 0.15) is 6.29 Å². The molecule has 0 aliphatic carbocycles. The molecule has 0 radical (unpaired) electrons. The Hall–Kier alpha value is -2.69. The smallest absolute Gasteiger partial charge is 0.239 e. The third-order valence-corrected chi connectivity index (χ3v) is 5.48. The number of benzene rings is 2. The van der Waals surface area contributed by atoms with Crippen LogP contribution in [0.4, 0.5) is 10.8 Å². The van der Waals surface area contributed by atoms with Gasteiger partial charge in [0.25, 0.3) is 0 Å². The number of anilines is 2. The van der Waals surface area contributed by atoms with Gasteiger partial charge in [0.15, 0.2) is 10.2 Å². The van der Waals surface area contributed by atoms with Gasteiger partial charge in [-0.1, -0.05) is 36.4 Å². The van der Waals surface area contributed by atoms with Crippen LogP contribution in [0.25, 0.3) is 10.8 Å². The number of hydrogen-bond donors (Lipinski definition) is 5. The van der Waals surface area contributed by atoms with E-state index in [0.29, 0.717) is 11.4 Å². The summed E-state index contributed by atoms with van der Waals surface area (Å²) in [6, 6.07) is 13.7. The summed E-state index contributed by atoms with van der Waals surface area (Å²) in [4.78, 5) is 27.6. The van der Waals surface area contributed by atoms with Gasteiger partial charge in [0.05, 0.1) is 11.3 Å². The molecular weight excluding hydrogens is 426 g/mol. The van der Waals surface area contributed by atoms with Crippen molar-refractivity contribution in [3.63, 3.8) is 0 Å². The van der Waals surface area contributed by atoms with Crippen molar-refractivity contribution in [1.82, 2.24) is 15.8 Å². The summed E-state index contributed by atoms with van der Waals surface area (Å²) in [7, 11) is 0. The Labute approximate surface area is 182 Å². The Balaban J connectivity index is 1.50. The molecule has 0 aliphatic heterocycles. The lowest BCUT2D eigenvalue weighted by Gasteiger charge is -2.19. The molecule has 2 unspecified atom stereocenters. The molecule has 150 valence electrons. The third kappa shape index (κ3) is 5.89. The minimum Gasteiger partial charge on any atom is -0.349 e. The molecule has 1 amide bonds. The highest BCUT2D eigenvalue weighted by atomic mass is 32.1. The van der Waals surface area contributed by atoms with E-state index in [0.717, 1.165) is 16.5 Å². The zero-order valence-electron chi connectivity index (χ0n) is 15.2. The molecule has 0 fully saturated rings. The Kier molecular flexibility index (Phi) is 7.39. The maximum atomic E-state index is 12.2. The molecule has 7 nitrogen and oxygen atoms in total. The molecule has 2 atom stereocenters. The van der Waals surface area contributed by atoms with Crippen LogP contribution >= 0.6 is 36.2 Å². The molecule has 29 heavy (non-hydrogen) atoms. The summed E-state index contributed by atoms with van der Waals surface area (Å²) < 4.78 is 0. The van der Waals surface area contributed by atoms with E-state index in [9.17, 15) is 9.59 Å². The van der Waals surface area contributed by atoms with Gasteiger partial charge in [0.2, 0.25) is 5.91 Å². The minimum absolute atomic E-state index is 0.0556. The van der Waals surface area contributed by atoms with Crippen LogP contribution < -0.4 is 21.5 Å². The highest BCUT2D eigenvalue weighted by Gasteiger charge is 2.21. The molecule has 0 spiro atoms. The van der Waals surface area contributed by atoms with E-state index < -0.39 is 11.3 Å². The number of nitrogens with one attached hydrogen (secondary N) is 4. The first-order chi connectivity index (χ1) is 14.1. The number of thiol groups is 1. The number of hydrogen-bond acceptors (Lipinski definition) is 7. The quantitative estimate of drug-likeness (QED) is 0.125. The van der Waals surface area contributed by atoms with Gasteiger partial charge < -0.3 is 15.4 Å². The van der Waals surface area contributed by atoms with Crippen LogP contribution in [0.1, 0.15) is 6.42 Å². The zero-order chi connectivity index (χ0) is 20.6. The number of aromatic nitrogens is 1. The number of amides is 1. The summed E-state index contributed by atoms with van der Waals surface area (Å²) in [5.41, 5.74) is 5.98. The second kappa shape index (κ2) is 10.2. The lowest BCUT2D eigenvalue weighted by Crippen LogP contribution is -2.45. The summed E-state index contributed by atoms with van der Waals surface area (Å²) in [5, 5.41) is 10.3. The van der Waals surface area contributed by atoms with Crippen molar-refractivity contribution in [2.24, 2.45) is 5.92 Å². The van der Waals surface area contributed by atoms with E-state index in [1.807, 2.05) is 42.5 Å². The van der Waals surface area contributed by atoms with Gasteiger partial charge in [0, 0.05) is 29.1 Å². The summed E-state index contributed by atoms with van der Waals surface area (Å²) in [6.45, 7) is 0. The number of nitrogens with zero attached hydrogens (tertiary/aromatic N) is 1. The molecule has 3 rings (SSSR count). The fraction of sp³-hybridized carbons (Fsp3) is 0.158. The van der Waals surface area contributed by atoms with Crippen LogP contribution in [0.2, 0.25) is 0 Å². The van der Waals surface area contributed by atoms with Crippen molar-refractivity contribution in [1.29, 1.82) is 0 Å². The second-order valence-corrected chi connectivity index (χ2v) is 7.94. The summed E-state index contributed by atoms with van der Waals surface area (Å²) in [5.74, 6) is -1.02. The SMILES string of the molecule is O=CC(CC(=O)NNC(=S)Nc1cccc2ccccc12)C(S)Nc1nccs1. The Morgan fingerprint density at radius 1 is 1.21 bits per heavy atom. The normalized spacial score (nSPS) is 12.6. The van der Waals surface area contributed by atoms with E-state index in [4.69, 9.17) is 12.2 Å². The molecule has 3 aromatic rings. The van der Waals surface area contributed by atoms with Gasteiger partial charge in [-0.05, 0) is 23.7 Å². The molecule has 0 saturated heterocycles. The van der Waals surface area contributed by atoms with Crippen LogP contribution in [0.15, 0.2) is 54.0 Å². The predicted molar refractivity (Wildman–Crippen MR) is 124 cm³/mol. The fourth-order valence-corrected chi connectivity index (χ4v) is 3.76. The number of thiocarbonyl (C=S) groups is 1. The molecule has 0 aliphatic rings. The summed E-state index contributed by atoms with van der Waals surface area (Å²) >= 11 is 11.0. The topological polar surface area (TPSA) is 95.2 Å². The van der Waals surface area contributed by atoms with Crippen molar-refractivity contribution >= 4 is 75.1 Å². The maximum absolute atomic E-state index is 12.2. The van der Waals surface area contributed by atoms with Crippen molar-refractivity contribution < 1.29 is 9.59 Å². The van der Waals surface area contributed by atoms with Gasteiger partial charge >= 0.3 is 0 Å². The number of rotatable bonds is 7. The average molecular weight is 446 g/mol. The molecule has 0 bridgehead atoms. The maximum Gasteiger partial charge on any atom is 0.239 e.